The van der Waals surface area contributed by atoms with E-state index in [4.69, 9.17) is 5.11 Å². The van der Waals surface area contributed by atoms with Crippen molar-refractivity contribution in [3.63, 3.8) is 0 Å². The highest BCUT2D eigenvalue weighted by atomic mass is 80.0. The lowest BCUT2D eigenvalue weighted by atomic mass is 10.2. The first kappa shape index (κ1) is 21.1. The molecule has 0 spiro atoms. The summed E-state index contributed by atoms with van der Waals surface area (Å²) in [6, 6.07) is 5.45. The van der Waals surface area contributed by atoms with Crippen molar-refractivity contribution < 1.29 is 27.9 Å². The average Bonchev–Trinajstić information content (AvgIpc) is 2.49. The molecule has 24 heavy (non-hydrogen) atoms. The molecule has 1 rings (SSSR count). The van der Waals surface area contributed by atoms with Crippen LogP contribution in [0.25, 0.3) is 0 Å². The van der Waals surface area contributed by atoms with E-state index < -0.39 is 42.2 Å². The SMILES string of the molecule is O=C(O)CNC(=O)CNC(=O)c1ccccc1S(=O)(=O)C(Br)(Br)Br. The van der Waals surface area contributed by atoms with Crippen LogP contribution in [-0.2, 0) is 19.4 Å². The molecule has 2 amide bonds. The third-order valence-corrected chi connectivity index (χ3v) is 7.95. The van der Waals surface area contributed by atoms with Crippen molar-refractivity contribution in [3.8, 4) is 0 Å². The van der Waals surface area contributed by atoms with Crippen LogP contribution in [0.2, 0.25) is 0 Å². The van der Waals surface area contributed by atoms with Gasteiger partial charge >= 0.3 is 5.97 Å². The quantitative estimate of drug-likeness (QED) is 0.456. The van der Waals surface area contributed by atoms with Crippen molar-refractivity contribution in [2.45, 2.75) is 6.37 Å². The summed E-state index contributed by atoms with van der Waals surface area (Å²) in [5, 5.41) is 12.7. The van der Waals surface area contributed by atoms with E-state index in [2.05, 4.69) is 58.4 Å². The predicted molar refractivity (Wildman–Crippen MR) is 96.1 cm³/mol. The Morgan fingerprint density at radius 3 is 2.17 bits per heavy atom. The molecule has 0 unspecified atom stereocenters. The molecule has 1 aromatic carbocycles. The summed E-state index contributed by atoms with van der Waals surface area (Å²) in [6.45, 7) is -1.08. The Bertz CT molecular complexity index is 760. The number of benzene rings is 1. The number of nitrogens with one attached hydrogen (secondary N) is 2. The Labute approximate surface area is 162 Å². The minimum Gasteiger partial charge on any atom is -0.480 e. The number of sulfone groups is 1. The molecule has 0 saturated carbocycles. The molecule has 0 heterocycles. The van der Waals surface area contributed by atoms with Gasteiger partial charge in [-0.3, -0.25) is 14.4 Å². The number of carboxylic acids is 1. The van der Waals surface area contributed by atoms with Crippen molar-refractivity contribution >= 4 is 75.4 Å². The van der Waals surface area contributed by atoms with E-state index in [0.29, 0.717) is 0 Å². The lowest BCUT2D eigenvalue weighted by molar-refractivity contribution is -0.137. The van der Waals surface area contributed by atoms with Crippen LogP contribution in [0.1, 0.15) is 10.4 Å². The van der Waals surface area contributed by atoms with E-state index in [0.717, 1.165) is 0 Å². The minimum absolute atomic E-state index is 0.161. The lowest BCUT2D eigenvalue weighted by Crippen LogP contribution is -2.39. The normalized spacial score (nSPS) is 11.6. The van der Waals surface area contributed by atoms with Gasteiger partial charge in [0.05, 0.1) is 17.0 Å². The summed E-state index contributed by atoms with van der Waals surface area (Å²) in [5.41, 5.74) is -0.161. The van der Waals surface area contributed by atoms with Gasteiger partial charge in [-0.25, -0.2) is 8.42 Å². The largest absolute Gasteiger partial charge is 0.480 e. The summed E-state index contributed by atoms with van der Waals surface area (Å²) in [7, 11) is -4.00. The van der Waals surface area contributed by atoms with E-state index in [1.54, 1.807) is 0 Å². The molecule has 0 radical (unpaired) electrons. The molecule has 12 heteroatoms. The van der Waals surface area contributed by atoms with Gasteiger partial charge in [0.1, 0.15) is 6.54 Å². The molecule has 132 valence electrons. The molecule has 0 aliphatic rings. The first-order chi connectivity index (χ1) is 11.0. The standard InChI is InChI=1S/C12H11Br3N2O6S/c13-12(14,15)24(22,23)8-4-2-1-3-7(8)11(21)17-5-9(18)16-6-10(19)20/h1-4H,5-6H2,(H,16,18)(H,17,21)(H,19,20). The van der Waals surface area contributed by atoms with E-state index >= 15 is 0 Å². The maximum Gasteiger partial charge on any atom is 0.322 e. The predicted octanol–water partition coefficient (Wildman–Crippen LogP) is 1.19. The number of halogens is 3. The van der Waals surface area contributed by atoms with Crippen LogP contribution in [0.5, 0.6) is 0 Å². The first-order valence-corrected chi connectivity index (χ1v) is 10.00. The number of hydrogen-bond acceptors (Lipinski definition) is 5. The summed E-state index contributed by atoms with van der Waals surface area (Å²) in [6.07, 6.45) is 0. The number of aliphatic carboxylic acids is 1. The second-order valence-electron chi connectivity index (χ2n) is 4.30. The monoisotopic (exact) mass is 548 g/mol. The molecule has 0 aliphatic carbocycles. The zero-order chi connectivity index (χ0) is 18.5. The fourth-order valence-corrected chi connectivity index (χ4v) is 4.03. The van der Waals surface area contributed by atoms with Gasteiger partial charge in [0.2, 0.25) is 17.2 Å². The molecule has 0 aliphatic heterocycles. The summed E-state index contributed by atoms with van der Waals surface area (Å²) < 4.78 is 23.2. The number of hydrogen-bond donors (Lipinski definition) is 3. The van der Waals surface area contributed by atoms with E-state index in [1.807, 2.05) is 0 Å². The molecule has 8 nitrogen and oxygen atoms in total. The summed E-state index contributed by atoms with van der Waals surface area (Å²) in [5.74, 6) is -2.74. The van der Waals surface area contributed by atoms with E-state index in [-0.39, 0.29) is 10.5 Å². The summed E-state index contributed by atoms with van der Waals surface area (Å²) >= 11 is 8.73. The van der Waals surface area contributed by atoms with Crippen LogP contribution in [-0.4, -0.2) is 45.9 Å². The van der Waals surface area contributed by atoms with Crippen LogP contribution in [0, 0.1) is 0 Å². The molecule has 0 fully saturated rings. The van der Waals surface area contributed by atoms with Gasteiger partial charge in [-0.1, -0.05) is 12.1 Å². The maximum absolute atomic E-state index is 12.4. The Morgan fingerprint density at radius 1 is 1.04 bits per heavy atom. The van der Waals surface area contributed by atoms with E-state index in [1.165, 1.54) is 24.3 Å². The number of amides is 2. The second kappa shape index (κ2) is 8.41. The van der Waals surface area contributed by atoms with Gasteiger partial charge in [0.15, 0.2) is 0 Å². The van der Waals surface area contributed by atoms with Crippen LogP contribution in [0.4, 0.5) is 0 Å². The van der Waals surface area contributed by atoms with Crippen molar-refractivity contribution in [1.29, 1.82) is 0 Å². The third kappa shape index (κ3) is 5.53. The van der Waals surface area contributed by atoms with Gasteiger partial charge in [-0.05, 0) is 59.9 Å². The highest BCUT2D eigenvalue weighted by Gasteiger charge is 2.39. The number of carbonyl (C=O) groups excluding carboxylic acids is 2. The Hall–Kier alpha value is -0.980. The van der Waals surface area contributed by atoms with Crippen molar-refractivity contribution in [3.05, 3.63) is 29.8 Å². The van der Waals surface area contributed by atoms with Gasteiger partial charge in [0.25, 0.3) is 5.91 Å². The number of carbonyl (C=O) groups is 3. The number of rotatable bonds is 6. The topological polar surface area (TPSA) is 130 Å². The van der Waals surface area contributed by atoms with Gasteiger partial charge in [-0.2, -0.15) is 0 Å². The van der Waals surface area contributed by atoms with Crippen LogP contribution in [0.15, 0.2) is 29.2 Å². The Balaban J connectivity index is 2.94. The molecular formula is C12H11Br3N2O6S. The fourth-order valence-electron chi connectivity index (χ4n) is 1.51. The Kier molecular flexibility index (Phi) is 7.38. The smallest absolute Gasteiger partial charge is 0.322 e. The van der Waals surface area contributed by atoms with Crippen LogP contribution >= 0.6 is 47.8 Å². The molecule has 0 aromatic heterocycles. The zero-order valence-corrected chi connectivity index (χ0v) is 17.3. The highest BCUT2D eigenvalue weighted by molar-refractivity contribution is 9.42. The second-order valence-corrected chi connectivity index (χ2v) is 14.7. The molecular weight excluding hydrogens is 540 g/mol. The highest BCUT2D eigenvalue weighted by Crippen LogP contribution is 2.43. The zero-order valence-electron chi connectivity index (χ0n) is 11.8. The number of alkyl halides is 3. The Morgan fingerprint density at radius 2 is 1.62 bits per heavy atom. The van der Waals surface area contributed by atoms with Crippen LogP contribution < -0.4 is 10.6 Å². The molecule has 0 bridgehead atoms. The third-order valence-electron chi connectivity index (χ3n) is 2.57. The number of carboxylic acid groups (broad SMARTS) is 1. The van der Waals surface area contributed by atoms with Crippen LogP contribution in [0.3, 0.4) is 0 Å². The van der Waals surface area contributed by atoms with Gasteiger partial charge in [-0.15, -0.1) is 0 Å². The van der Waals surface area contributed by atoms with Gasteiger partial charge in [0, 0.05) is 0 Å². The van der Waals surface area contributed by atoms with Crippen molar-refractivity contribution in [2.24, 2.45) is 0 Å². The van der Waals surface area contributed by atoms with E-state index in [9.17, 15) is 22.8 Å². The summed E-state index contributed by atoms with van der Waals surface area (Å²) in [4.78, 5) is 33.6. The fraction of sp³-hybridized carbons (Fsp3) is 0.250. The minimum atomic E-state index is -4.00. The molecule has 0 atom stereocenters. The average molecular weight is 551 g/mol. The van der Waals surface area contributed by atoms with Crippen molar-refractivity contribution in [1.82, 2.24) is 10.6 Å². The molecule has 3 N–H and O–H groups in total. The molecule has 1 aromatic rings. The first-order valence-electron chi connectivity index (χ1n) is 6.14. The van der Waals surface area contributed by atoms with Gasteiger partial charge < -0.3 is 15.7 Å². The maximum atomic E-state index is 12.4. The lowest BCUT2D eigenvalue weighted by Gasteiger charge is -2.16. The molecule has 0 saturated heterocycles. The van der Waals surface area contributed by atoms with Crippen molar-refractivity contribution in [2.75, 3.05) is 13.1 Å².